The molecule has 132 valence electrons. The summed E-state index contributed by atoms with van der Waals surface area (Å²) in [6.45, 7) is 0.0922. The van der Waals surface area contributed by atoms with E-state index in [1.165, 1.54) is 11.0 Å². The summed E-state index contributed by atoms with van der Waals surface area (Å²) in [4.78, 5) is 13.4. The molecule has 0 saturated carbocycles. The van der Waals surface area contributed by atoms with Gasteiger partial charge in [0.1, 0.15) is 0 Å². The number of hydrogen-bond donors (Lipinski definition) is 0. The van der Waals surface area contributed by atoms with Gasteiger partial charge < -0.3 is 4.90 Å². The average Bonchev–Trinajstić information content (AvgIpc) is 3.09. The second-order valence-electron chi connectivity index (χ2n) is 6.05. The number of nitrogens with zero attached hydrogens (tertiary/aromatic N) is 3. The summed E-state index contributed by atoms with van der Waals surface area (Å²) in [5.41, 5.74) is 1.60. The van der Waals surface area contributed by atoms with Crippen LogP contribution in [0.2, 0.25) is 0 Å². The predicted molar refractivity (Wildman–Crippen MR) is 88.0 cm³/mol. The molecule has 1 aromatic heterocycles. The lowest BCUT2D eigenvalue weighted by Gasteiger charge is -2.33. The fourth-order valence-electron chi connectivity index (χ4n) is 2.86. The summed E-state index contributed by atoms with van der Waals surface area (Å²) >= 11 is 0. The maximum atomic E-state index is 12.8. The predicted octanol–water partition coefficient (Wildman–Crippen LogP) is 3.69. The van der Waals surface area contributed by atoms with Crippen molar-refractivity contribution >= 4 is 12.0 Å². The van der Waals surface area contributed by atoms with Gasteiger partial charge in [-0.1, -0.05) is 18.2 Å². The van der Waals surface area contributed by atoms with Gasteiger partial charge in [0.25, 0.3) is 0 Å². The Morgan fingerprint density at radius 1 is 1.24 bits per heavy atom. The molecule has 1 aromatic carbocycles. The molecule has 0 spiro atoms. The normalized spacial score (nSPS) is 18.7. The number of carbonyl (C=O) groups is 1. The van der Waals surface area contributed by atoms with E-state index < -0.39 is 18.0 Å². The first-order valence-electron chi connectivity index (χ1n) is 8.07. The highest BCUT2D eigenvalue weighted by Crippen LogP contribution is 2.33. The third kappa shape index (κ3) is 4.29. The molecular weight excluding hydrogens is 331 g/mol. The smallest absolute Gasteiger partial charge is 0.339 e. The van der Waals surface area contributed by atoms with Gasteiger partial charge in [-0.25, -0.2) is 4.68 Å². The van der Waals surface area contributed by atoms with E-state index in [4.69, 9.17) is 0 Å². The SMILES string of the molecule is O=C(/C=C/c1cnn(-c2ccccc2)c1)N1CCCC(C(F)(F)F)C1. The molecule has 2 heterocycles. The molecule has 0 radical (unpaired) electrons. The minimum atomic E-state index is -4.25. The molecule has 0 N–H and O–H groups in total. The van der Waals surface area contributed by atoms with Crippen LogP contribution in [0.25, 0.3) is 11.8 Å². The number of carbonyl (C=O) groups excluding carboxylic acids is 1. The molecule has 3 rings (SSSR count). The topological polar surface area (TPSA) is 38.1 Å². The Morgan fingerprint density at radius 3 is 2.72 bits per heavy atom. The Hall–Kier alpha value is -2.57. The van der Waals surface area contributed by atoms with Gasteiger partial charge in [0, 0.05) is 30.9 Å². The summed E-state index contributed by atoms with van der Waals surface area (Å²) in [5.74, 6) is -1.83. The standard InChI is InChI=1S/C18H18F3N3O/c19-18(20,21)15-5-4-10-23(13-15)17(25)9-8-14-11-22-24(12-14)16-6-2-1-3-7-16/h1-3,6-9,11-12,15H,4-5,10,13H2/b9-8+. The van der Waals surface area contributed by atoms with Gasteiger partial charge in [-0.2, -0.15) is 18.3 Å². The zero-order valence-corrected chi connectivity index (χ0v) is 13.5. The van der Waals surface area contributed by atoms with Crippen molar-refractivity contribution in [2.45, 2.75) is 19.0 Å². The molecule has 1 fully saturated rings. The van der Waals surface area contributed by atoms with Crippen LogP contribution in [0.4, 0.5) is 13.2 Å². The number of aromatic nitrogens is 2. The molecule has 1 aliphatic heterocycles. The van der Waals surface area contributed by atoms with Crippen molar-refractivity contribution in [2.24, 2.45) is 5.92 Å². The highest BCUT2D eigenvalue weighted by molar-refractivity contribution is 5.91. The van der Waals surface area contributed by atoms with Crippen LogP contribution in [0.1, 0.15) is 18.4 Å². The molecule has 1 aliphatic rings. The summed E-state index contributed by atoms with van der Waals surface area (Å²) in [6.07, 6.45) is 2.45. The first kappa shape index (κ1) is 17.3. The molecule has 0 aliphatic carbocycles. The third-order valence-corrected chi connectivity index (χ3v) is 4.24. The zero-order valence-electron chi connectivity index (χ0n) is 13.5. The Kier molecular flexibility index (Phi) is 4.92. The number of amides is 1. The van der Waals surface area contributed by atoms with E-state index in [0.717, 1.165) is 5.69 Å². The van der Waals surface area contributed by atoms with E-state index in [2.05, 4.69) is 5.10 Å². The Balaban J connectivity index is 1.64. The molecule has 1 atom stereocenters. The van der Waals surface area contributed by atoms with Gasteiger partial charge in [0.2, 0.25) is 5.91 Å². The molecule has 7 heteroatoms. The van der Waals surface area contributed by atoms with Gasteiger partial charge in [0.05, 0.1) is 17.8 Å². The van der Waals surface area contributed by atoms with Gasteiger partial charge in [-0.15, -0.1) is 0 Å². The van der Waals surface area contributed by atoms with Crippen LogP contribution in [0.5, 0.6) is 0 Å². The van der Waals surface area contributed by atoms with Crippen molar-refractivity contribution in [1.29, 1.82) is 0 Å². The van der Waals surface area contributed by atoms with Crippen LogP contribution in [-0.2, 0) is 4.79 Å². The van der Waals surface area contributed by atoms with Crippen molar-refractivity contribution in [3.63, 3.8) is 0 Å². The number of rotatable bonds is 3. The Labute approximate surface area is 143 Å². The number of piperidine rings is 1. The van der Waals surface area contributed by atoms with Crippen LogP contribution in [0.3, 0.4) is 0 Å². The fraction of sp³-hybridized carbons (Fsp3) is 0.333. The molecule has 0 bridgehead atoms. The molecular formula is C18H18F3N3O. The van der Waals surface area contributed by atoms with Crippen molar-refractivity contribution in [1.82, 2.24) is 14.7 Å². The number of alkyl halides is 3. The number of para-hydroxylation sites is 1. The Bertz CT molecular complexity index is 752. The summed E-state index contributed by atoms with van der Waals surface area (Å²) in [7, 11) is 0. The first-order chi connectivity index (χ1) is 11.9. The van der Waals surface area contributed by atoms with Gasteiger partial charge >= 0.3 is 6.18 Å². The summed E-state index contributed by atoms with van der Waals surface area (Å²) < 4.78 is 40.1. The van der Waals surface area contributed by atoms with E-state index in [1.54, 1.807) is 23.2 Å². The van der Waals surface area contributed by atoms with E-state index in [1.807, 2.05) is 30.3 Å². The summed E-state index contributed by atoms with van der Waals surface area (Å²) in [6, 6.07) is 9.49. The lowest BCUT2D eigenvalue weighted by Crippen LogP contribution is -2.44. The van der Waals surface area contributed by atoms with Crippen LogP contribution in [0.15, 0.2) is 48.8 Å². The molecule has 25 heavy (non-hydrogen) atoms. The van der Waals surface area contributed by atoms with Crippen molar-refractivity contribution in [2.75, 3.05) is 13.1 Å². The van der Waals surface area contributed by atoms with Crippen LogP contribution in [-0.4, -0.2) is 39.9 Å². The van der Waals surface area contributed by atoms with Gasteiger partial charge in [0.15, 0.2) is 0 Å². The minimum Gasteiger partial charge on any atom is -0.339 e. The number of likely N-dealkylation sites (tertiary alicyclic amines) is 1. The van der Waals surface area contributed by atoms with E-state index in [0.29, 0.717) is 18.5 Å². The molecule has 1 amide bonds. The van der Waals surface area contributed by atoms with Crippen LogP contribution in [0, 0.1) is 5.92 Å². The maximum Gasteiger partial charge on any atom is 0.393 e. The quantitative estimate of drug-likeness (QED) is 0.793. The van der Waals surface area contributed by atoms with Crippen molar-refractivity contribution in [3.8, 4) is 5.69 Å². The second kappa shape index (κ2) is 7.13. The first-order valence-corrected chi connectivity index (χ1v) is 8.07. The molecule has 1 saturated heterocycles. The number of benzene rings is 1. The number of hydrogen-bond acceptors (Lipinski definition) is 2. The van der Waals surface area contributed by atoms with E-state index in [-0.39, 0.29) is 13.0 Å². The van der Waals surface area contributed by atoms with Crippen LogP contribution < -0.4 is 0 Å². The molecule has 1 unspecified atom stereocenters. The lowest BCUT2D eigenvalue weighted by atomic mass is 9.97. The summed E-state index contributed by atoms with van der Waals surface area (Å²) in [5, 5.41) is 4.21. The largest absolute Gasteiger partial charge is 0.393 e. The van der Waals surface area contributed by atoms with E-state index >= 15 is 0 Å². The highest BCUT2D eigenvalue weighted by Gasteiger charge is 2.42. The molecule has 4 nitrogen and oxygen atoms in total. The number of halogens is 3. The second-order valence-corrected chi connectivity index (χ2v) is 6.05. The van der Waals surface area contributed by atoms with Gasteiger partial charge in [-0.3, -0.25) is 4.79 Å². The Morgan fingerprint density at radius 2 is 2.00 bits per heavy atom. The molecule has 2 aromatic rings. The fourth-order valence-corrected chi connectivity index (χ4v) is 2.86. The highest BCUT2D eigenvalue weighted by atomic mass is 19.4. The lowest BCUT2D eigenvalue weighted by molar-refractivity contribution is -0.187. The van der Waals surface area contributed by atoms with E-state index in [9.17, 15) is 18.0 Å². The average molecular weight is 349 g/mol. The van der Waals surface area contributed by atoms with Crippen molar-refractivity contribution < 1.29 is 18.0 Å². The third-order valence-electron chi connectivity index (χ3n) is 4.24. The monoisotopic (exact) mass is 349 g/mol. The van der Waals surface area contributed by atoms with Crippen LogP contribution >= 0.6 is 0 Å². The minimum absolute atomic E-state index is 0.0842. The maximum absolute atomic E-state index is 12.8. The zero-order chi connectivity index (χ0) is 17.9. The van der Waals surface area contributed by atoms with Crippen molar-refractivity contribution in [3.05, 3.63) is 54.4 Å². The van der Waals surface area contributed by atoms with Gasteiger partial charge in [-0.05, 0) is 31.1 Å².